The molecule has 1 N–H and O–H groups in total. The van der Waals surface area contributed by atoms with Crippen LogP contribution in [0.1, 0.15) is 12.1 Å². The Balaban J connectivity index is 2.55. The average molecular weight is 261 g/mol. The number of pyridine rings is 1. The molecule has 1 aromatic heterocycles. The van der Waals surface area contributed by atoms with Crippen LogP contribution in [0.2, 0.25) is 0 Å². The van der Waals surface area contributed by atoms with Crippen molar-refractivity contribution in [3.63, 3.8) is 0 Å². The summed E-state index contributed by atoms with van der Waals surface area (Å²) >= 11 is 0. The summed E-state index contributed by atoms with van der Waals surface area (Å²) in [6.45, 7) is -3.01. The van der Waals surface area contributed by atoms with Crippen molar-refractivity contribution in [3.05, 3.63) is 40.2 Å². The van der Waals surface area contributed by atoms with Gasteiger partial charge in [-0.1, -0.05) is 0 Å². The second kappa shape index (κ2) is 4.67. The van der Waals surface area contributed by atoms with E-state index in [1.165, 1.54) is 12.1 Å². The molecule has 0 fully saturated rings. The zero-order chi connectivity index (χ0) is 13.3. The maximum absolute atomic E-state index is 12.4. The molecule has 0 aliphatic carbocycles. The summed E-state index contributed by atoms with van der Waals surface area (Å²) < 4.78 is 53.0. The second-order valence-corrected chi connectivity index (χ2v) is 3.48. The van der Waals surface area contributed by atoms with E-state index < -0.39 is 24.2 Å². The van der Waals surface area contributed by atoms with Gasteiger partial charge < -0.3 is 9.72 Å². The highest BCUT2D eigenvalue weighted by molar-refractivity contribution is 5.80. The number of H-pyrrole nitrogens is 1. The Morgan fingerprint density at radius 1 is 1.11 bits per heavy atom. The number of fused-ring (bicyclic) bond motifs is 1. The lowest BCUT2D eigenvalue weighted by Crippen LogP contribution is -2.07. The number of aromatic amines is 1. The number of aromatic nitrogens is 1. The monoisotopic (exact) mass is 261 g/mol. The first-order valence-corrected chi connectivity index (χ1v) is 4.87. The minimum absolute atomic E-state index is 0.0116. The van der Waals surface area contributed by atoms with E-state index in [1.807, 2.05) is 0 Å². The zero-order valence-electron chi connectivity index (χ0n) is 8.79. The van der Waals surface area contributed by atoms with Gasteiger partial charge in [-0.05, 0) is 18.2 Å². The molecular weight excluding hydrogens is 254 g/mol. The Morgan fingerprint density at radius 2 is 1.83 bits per heavy atom. The fourth-order valence-corrected chi connectivity index (χ4v) is 1.54. The lowest BCUT2D eigenvalue weighted by atomic mass is 10.2. The molecule has 18 heavy (non-hydrogen) atoms. The largest absolute Gasteiger partial charge is 0.435 e. The topological polar surface area (TPSA) is 42.1 Å². The first-order chi connectivity index (χ1) is 8.47. The van der Waals surface area contributed by atoms with Crippen molar-refractivity contribution in [2.24, 2.45) is 0 Å². The minimum Gasteiger partial charge on any atom is -0.435 e. The van der Waals surface area contributed by atoms with Crippen LogP contribution in [-0.4, -0.2) is 11.6 Å². The van der Waals surface area contributed by atoms with Gasteiger partial charge in [-0.3, -0.25) is 4.79 Å². The van der Waals surface area contributed by atoms with E-state index >= 15 is 0 Å². The van der Waals surface area contributed by atoms with Gasteiger partial charge >= 0.3 is 6.61 Å². The van der Waals surface area contributed by atoms with Gasteiger partial charge in [0, 0.05) is 17.0 Å². The predicted octanol–water partition coefficient (Wildman–Crippen LogP) is 3.07. The van der Waals surface area contributed by atoms with Gasteiger partial charge in [0.1, 0.15) is 5.75 Å². The third-order valence-electron chi connectivity index (χ3n) is 2.28. The van der Waals surface area contributed by atoms with Crippen molar-refractivity contribution in [1.82, 2.24) is 4.98 Å². The number of alkyl halides is 4. The van der Waals surface area contributed by atoms with E-state index in [9.17, 15) is 22.4 Å². The van der Waals surface area contributed by atoms with Gasteiger partial charge in [0.15, 0.2) is 5.43 Å². The first kappa shape index (κ1) is 12.4. The van der Waals surface area contributed by atoms with Gasteiger partial charge in [0.25, 0.3) is 6.43 Å². The third kappa shape index (κ3) is 2.44. The van der Waals surface area contributed by atoms with E-state index in [0.29, 0.717) is 0 Å². The minimum atomic E-state index is -3.01. The Morgan fingerprint density at radius 3 is 2.44 bits per heavy atom. The summed E-state index contributed by atoms with van der Waals surface area (Å²) in [5.74, 6) is -0.201. The molecule has 3 nitrogen and oxygen atoms in total. The molecule has 2 rings (SSSR count). The number of benzene rings is 1. The molecule has 0 saturated heterocycles. The van der Waals surface area contributed by atoms with Crippen molar-refractivity contribution in [2.45, 2.75) is 13.0 Å². The molecule has 96 valence electrons. The molecule has 0 radical (unpaired) electrons. The molecule has 2 aromatic rings. The van der Waals surface area contributed by atoms with Crippen LogP contribution in [-0.2, 0) is 0 Å². The van der Waals surface area contributed by atoms with Crippen LogP contribution in [0.15, 0.2) is 29.1 Å². The van der Waals surface area contributed by atoms with Crippen LogP contribution in [0.5, 0.6) is 5.75 Å². The number of halogens is 4. The summed E-state index contributed by atoms with van der Waals surface area (Å²) in [5, 5.41) is 0.0116. The number of hydrogen-bond acceptors (Lipinski definition) is 2. The van der Waals surface area contributed by atoms with Crippen LogP contribution in [0.3, 0.4) is 0 Å². The highest BCUT2D eigenvalue weighted by Crippen LogP contribution is 2.21. The second-order valence-electron chi connectivity index (χ2n) is 3.48. The van der Waals surface area contributed by atoms with Gasteiger partial charge in [0.2, 0.25) is 0 Å². The lowest BCUT2D eigenvalue weighted by molar-refractivity contribution is -0.0497. The van der Waals surface area contributed by atoms with E-state index in [1.54, 1.807) is 0 Å². The van der Waals surface area contributed by atoms with Gasteiger partial charge in [-0.2, -0.15) is 8.78 Å². The third-order valence-corrected chi connectivity index (χ3v) is 2.28. The van der Waals surface area contributed by atoms with Crippen LogP contribution in [0.25, 0.3) is 10.9 Å². The summed E-state index contributed by atoms with van der Waals surface area (Å²) in [6.07, 6.45) is -2.81. The fraction of sp³-hybridized carbons (Fsp3) is 0.182. The molecule has 1 aromatic carbocycles. The average Bonchev–Trinajstić information content (AvgIpc) is 2.28. The molecule has 0 bridgehead atoms. The fourth-order valence-electron chi connectivity index (χ4n) is 1.54. The van der Waals surface area contributed by atoms with E-state index in [-0.39, 0.29) is 16.7 Å². The summed E-state index contributed by atoms with van der Waals surface area (Å²) in [4.78, 5) is 13.9. The smallest absolute Gasteiger partial charge is 0.387 e. The van der Waals surface area contributed by atoms with Crippen molar-refractivity contribution < 1.29 is 22.3 Å². The molecule has 0 amide bonds. The molecule has 1 heterocycles. The number of nitrogens with one attached hydrogen (secondary N) is 1. The number of rotatable bonds is 3. The van der Waals surface area contributed by atoms with Gasteiger partial charge in [-0.25, -0.2) is 8.78 Å². The van der Waals surface area contributed by atoms with Crippen LogP contribution < -0.4 is 10.2 Å². The number of hydrogen-bond donors (Lipinski definition) is 1. The van der Waals surface area contributed by atoms with E-state index in [2.05, 4.69) is 9.72 Å². The molecule has 0 saturated carbocycles. The molecule has 0 atom stereocenters. The van der Waals surface area contributed by atoms with Crippen molar-refractivity contribution in [2.75, 3.05) is 0 Å². The lowest BCUT2D eigenvalue weighted by Gasteiger charge is -2.07. The van der Waals surface area contributed by atoms with Gasteiger partial charge in [-0.15, -0.1) is 0 Å². The van der Waals surface area contributed by atoms with E-state index in [0.717, 1.165) is 12.1 Å². The quantitative estimate of drug-likeness (QED) is 0.863. The Labute approximate surface area is 98.0 Å². The molecule has 0 spiro atoms. The zero-order valence-corrected chi connectivity index (χ0v) is 8.79. The van der Waals surface area contributed by atoms with Crippen molar-refractivity contribution >= 4 is 10.9 Å². The standard InChI is InChI=1S/C11H7F4NO2/c12-10(13)8-4-9(17)6-3-5(18-11(14)15)1-2-7(6)16-8/h1-4,10-11H,(H,16,17). The predicted molar refractivity (Wildman–Crippen MR) is 56.2 cm³/mol. The summed E-state index contributed by atoms with van der Waals surface area (Å²) in [5.41, 5.74) is -1.06. The molecular formula is C11H7F4NO2. The molecule has 0 aliphatic rings. The number of ether oxygens (including phenoxy) is 1. The summed E-state index contributed by atoms with van der Waals surface area (Å²) in [6, 6.07) is 4.22. The summed E-state index contributed by atoms with van der Waals surface area (Å²) in [7, 11) is 0. The van der Waals surface area contributed by atoms with E-state index in [4.69, 9.17) is 0 Å². The molecule has 7 heteroatoms. The van der Waals surface area contributed by atoms with Crippen LogP contribution in [0.4, 0.5) is 17.6 Å². The maximum atomic E-state index is 12.4. The Bertz CT molecular complexity index is 624. The first-order valence-electron chi connectivity index (χ1n) is 4.87. The van der Waals surface area contributed by atoms with Gasteiger partial charge in [0.05, 0.1) is 5.69 Å². The van der Waals surface area contributed by atoms with Crippen molar-refractivity contribution in [1.29, 1.82) is 0 Å². The molecule has 0 unspecified atom stereocenters. The normalized spacial score (nSPS) is 11.4. The SMILES string of the molecule is O=c1cc(C(F)F)[nH]c2ccc(OC(F)F)cc12. The highest BCUT2D eigenvalue weighted by Gasteiger charge is 2.12. The van der Waals surface area contributed by atoms with Crippen LogP contribution >= 0.6 is 0 Å². The van der Waals surface area contributed by atoms with Crippen LogP contribution in [0, 0.1) is 0 Å². The molecule has 0 aliphatic heterocycles. The highest BCUT2D eigenvalue weighted by atomic mass is 19.3. The Kier molecular flexibility index (Phi) is 3.22. The Hall–Kier alpha value is -2.05. The maximum Gasteiger partial charge on any atom is 0.387 e. The van der Waals surface area contributed by atoms with Crippen molar-refractivity contribution in [3.8, 4) is 5.75 Å².